The first-order valence-electron chi connectivity index (χ1n) is 8.15. The Bertz CT molecular complexity index is 1040. The number of carbonyl (C=O) groups excluding carboxylic acids is 1. The largest absolute Gasteiger partial charge is 0.324 e. The molecule has 7 heteroatoms. The van der Waals surface area contributed by atoms with Gasteiger partial charge < -0.3 is 5.32 Å². The van der Waals surface area contributed by atoms with E-state index in [1.807, 2.05) is 24.3 Å². The number of halogens is 1. The van der Waals surface area contributed by atoms with E-state index in [1.54, 1.807) is 42.5 Å². The smallest absolute Gasteiger partial charge is 0.261 e. The predicted octanol–water partition coefficient (Wildman–Crippen LogP) is 4.43. The summed E-state index contributed by atoms with van der Waals surface area (Å²) < 4.78 is 28.5. The SMILES string of the molecule is O=C(Cc1ccc(Br)cc1)Nc1ccccc1NS(=O)(=O)c1ccccc1. The van der Waals surface area contributed by atoms with Crippen LogP contribution in [0.2, 0.25) is 0 Å². The maximum Gasteiger partial charge on any atom is 0.261 e. The van der Waals surface area contributed by atoms with Crippen molar-refractivity contribution in [3.63, 3.8) is 0 Å². The van der Waals surface area contributed by atoms with Gasteiger partial charge in [-0.3, -0.25) is 9.52 Å². The molecule has 138 valence electrons. The first kappa shape index (κ1) is 19.1. The second kappa shape index (κ2) is 8.37. The van der Waals surface area contributed by atoms with Crippen LogP contribution in [-0.4, -0.2) is 14.3 Å². The Balaban J connectivity index is 1.76. The van der Waals surface area contributed by atoms with Gasteiger partial charge in [-0.2, -0.15) is 0 Å². The molecule has 2 N–H and O–H groups in total. The molecule has 3 rings (SSSR count). The fraction of sp³-hybridized carbons (Fsp3) is 0.0500. The first-order valence-corrected chi connectivity index (χ1v) is 10.4. The molecule has 1 amide bonds. The van der Waals surface area contributed by atoms with Gasteiger partial charge in [0.2, 0.25) is 5.91 Å². The predicted molar refractivity (Wildman–Crippen MR) is 110 cm³/mol. The summed E-state index contributed by atoms with van der Waals surface area (Å²) in [6.45, 7) is 0. The Labute approximate surface area is 166 Å². The van der Waals surface area contributed by atoms with E-state index in [1.165, 1.54) is 12.1 Å². The number of anilines is 2. The molecular formula is C20H17BrN2O3S. The fourth-order valence-electron chi connectivity index (χ4n) is 2.47. The standard InChI is InChI=1S/C20H17BrN2O3S/c21-16-12-10-15(11-13-16)14-20(24)22-18-8-4-5-9-19(18)23-27(25,26)17-6-2-1-3-7-17/h1-13,23H,14H2,(H,22,24). The summed E-state index contributed by atoms with van der Waals surface area (Å²) in [5.74, 6) is -0.233. The topological polar surface area (TPSA) is 75.3 Å². The van der Waals surface area contributed by atoms with Crippen molar-refractivity contribution in [1.82, 2.24) is 0 Å². The lowest BCUT2D eigenvalue weighted by atomic mass is 10.1. The van der Waals surface area contributed by atoms with Gasteiger partial charge in [-0.05, 0) is 42.0 Å². The monoisotopic (exact) mass is 444 g/mol. The number of hydrogen-bond acceptors (Lipinski definition) is 3. The lowest BCUT2D eigenvalue weighted by Gasteiger charge is -2.13. The molecule has 27 heavy (non-hydrogen) atoms. The van der Waals surface area contributed by atoms with Crippen LogP contribution in [-0.2, 0) is 21.2 Å². The van der Waals surface area contributed by atoms with Crippen LogP contribution in [0.5, 0.6) is 0 Å². The molecule has 0 spiro atoms. The highest BCUT2D eigenvalue weighted by Gasteiger charge is 2.16. The van der Waals surface area contributed by atoms with Gasteiger partial charge in [0.15, 0.2) is 0 Å². The minimum Gasteiger partial charge on any atom is -0.324 e. The molecule has 0 unspecified atom stereocenters. The van der Waals surface area contributed by atoms with E-state index in [4.69, 9.17) is 0 Å². The first-order chi connectivity index (χ1) is 12.9. The van der Waals surface area contributed by atoms with Crippen LogP contribution >= 0.6 is 15.9 Å². The van der Waals surface area contributed by atoms with Gasteiger partial charge in [-0.15, -0.1) is 0 Å². The number of benzene rings is 3. The average molecular weight is 445 g/mol. The second-order valence-corrected chi connectivity index (χ2v) is 8.41. The van der Waals surface area contributed by atoms with Crippen LogP contribution in [0, 0.1) is 0 Å². The number of sulfonamides is 1. The molecule has 0 aliphatic heterocycles. The summed E-state index contributed by atoms with van der Waals surface area (Å²) in [5, 5.41) is 2.77. The maximum absolute atomic E-state index is 12.5. The molecule has 0 radical (unpaired) electrons. The van der Waals surface area contributed by atoms with Crippen LogP contribution in [0.3, 0.4) is 0 Å². The van der Waals surface area contributed by atoms with Crippen LogP contribution in [0.25, 0.3) is 0 Å². The van der Waals surface area contributed by atoms with E-state index in [-0.39, 0.29) is 17.2 Å². The quantitative estimate of drug-likeness (QED) is 0.590. The lowest BCUT2D eigenvalue weighted by Crippen LogP contribution is -2.18. The number of carbonyl (C=O) groups is 1. The minimum atomic E-state index is -3.74. The van der Waals surface area contributed by atoms with E-state index in [9.17, 15) is 13.2 Å². The number of para-hydroxylation sites is 2. The van der Waals surface area contributed by atoms with E-state index in [0.29, 0.717) is 11.4 Å². The zero-order valence-corrected chi connectivity index (χ0v) is 16.6. The number of hydrogen-bond donors (Lipinski definition) is 2. The number of amides is 1. The summed E-state index contributed by atoms with van der Waals surface area (Å²) >= 11 is 3.36. The van der Waals surface area contributed by atoms with Crippen molar-refractivity contribution in [3.05, 3.63) is 88.9 Å². The van der Waals surface area contributed by atoms with Gasteiger partial charge in [-0.25, -0.2) is 8.42 Å². The molecule has 0 atom stereocenters. The van der Waals surface area contributed by atoms with E-state index < -0.39 is 10.0 Å². The van der Waals surface area contributed by atoms with Gasteiger partial charge >= 0.3 is 0 Å². The average Bonchev–Trinajstić information content (AvgIpc) is 2.66. The Morgan fingerprint density at radius 2 is 1.41 bits per heavy atom. The molecule has 0 bridgehead atoms. The Morgan fingerprint density at radius 3 is 2.07 bits per heavy atom. The van der Waals surface area contributed by atoms with E-state index >= 15 is 0 Å². The second-order valence-electron chi connectivity index (χ2n) is 5.82. The van der Waals surface area contributed by atoms with E-state index in [0.717, 1.165) is 10.0 Å². The van der Waals surface area contributed by atoms with Crippen LogP contribution in [0.15, 0.2) is 88.2 Å². The van der Waals surface area contributed by atoms with Crippen molar-refractivity contribution in [1.29, 1.82) is 0 Å². The minimum absolute atomic E-state index is 0.154. The van der Waals surface area contributed by atoms with Gasteiger partial charge in [0.1, 0.15) is 0 Å². The van der Waals surface area contributed by atoms with Crippen molar-refractivity contribution >= 4 is 43.2 Å². The zero-order chi connectivity index (χ0) is 19.3. The summed E-state index contributed by atoms with van der Waals surface area (Å²) in [5.41, 5.74) is 1.57. The highest BCUT2D eigenvalue weighted by molar-refractivity contribution is 9.10. The highest BCUT2D eigenvalue weighted by Crippen LogP contribution is 2.24. The molecular weight excluding hydrogens is 428 g/mol. The van der Waals surface area contributed by atoms with Crippen LogP contribution in [0.4, 0.5) is 11.4 Å². The molecule has 5 nitrogen and oxygen atoms in total. The maximum atomic E-state index is 12.5. The van der Waals surface area contributed by atoms with Gasteiger partial charge in [0.05, 0.1) is 22.7 Å². The van der Waals surface area contributed by atoms with Crippen molar-refractivity contribution in [2.24, 2.45) is 0 Å². The molecule has 0 aliphatic rings. The van der Waals surface area contributed by atoms with Crippen molar-refractivity contribution in [3.8, 4) is 0 Å². The summed E-state index contributed by atoms with van der Waals surface area (Å²) in [6, 6.07) is 22.2. The molecule has 0 fully saturated rings. The van der Waals surface area contributed by atoms with Crippen LogP contribution < -0.4 is 10.0 Å². The molecule has 0 aliphatic carbocycles. The molecule has 3 aromatic carbocycles. The Kier molecular flexibility index (Phi) is 5.93. The third-order valence-corrected chi connectivity index (χ3v) is 5.69. The third-order valence-electron chi connectivity index (χ3n) is 3.78. The van der Waals surface area contributed by atoms with Gasteiger partial charge in [0.25, 0.3) is 10.0 Å². The molecule has 0 aromatic heterocycles. The van der Waals surface area contributed by atoms with E-state index in [2.05, 4.69) is 26.0 Å². The fourth-order valence-corrected chi connectivity index (χ4v) is 3.83. The Hall–Kier alpha value is -2.64. The zero-order valence-electron chi connectivity index (χ0n) is 14.2. The number of rotatable bonds is 6. The summed E-state index contributed by atoms with van der Waals surface area (Å²) in [6.07, 6.45) is 0.188. The molecule has 0 saturated carbocycles. The molecule has 0 saturated heterocycles. The Morgan fingerprint density at radius 1 is 0.815 bits per heavy atom. The van der Waals surface area contributed by atoms with Crippen molar-refractivity contribution < 1.29 is 13.2 Å². The molecule has 0 heterocycles. The molecule has 3 aromatic rings. The lowest BCUT2D eigenvalue weighted by molar-refractivity contribution is -0.115. The van der Waals surface area contributed by atoms with Gasteiger partial charge in [0, 0.05) is 4.47 Å². The third kappa shape index (κ3) is 5.18. The van der Waals surface area contributed by atoms with Crippen molar-refractivity contribution in [2.45, 2.75) is 11.3 Å². The summed E-state index contributed by atoms with van der Waals surface area (Å²) in [4.78, 5) is 12.5. The van der Waals surface area contributed by atoms with Crippen molar-refractivity contribution in [2.75, 3.05) is 10.0 Å². The van der Waals surface area contributed by atoms with Crippen LogP contribution in [0.1, 0.15) is 5.56 Å². The highest BCUT2D eigenvalue weighted by atomic mass is 79.9. The normalized spacial score (nSPS) is 11.0. The number of nitrogens with one attached hydrogen (secondary N) is 2. The van der Waals surface area contributed by atoms with Gasteiger partial charge in [-0.1, -0.05) is 58.4 Å². The summed E-state index contributed by atoms with van der Waals surface area (Å²) in [7, 11) is -3.74.